The first-order valence-electron chi connectivity index (χ1n) is 9.99. The Morgan fingerprint density at radius 3 is 2.67 bits per heavy atom. The fourth-order valence-electron chi connectivity index (χ4n) is 5.68. The molecule has 0 saturated carbocycles. The van der Waals surface area contributed by atoms with Crippen molar-refractivity contribution in [3.05, 3.63) is 34.6 Å². The van der Waals surface area contributed by atoms with Crippen LogP contribution >= 0.6 is 0 Å². The number of esters is 1. The largest absolute Gasteiger partial charge is 0.504 e. The Balaban J connectivity index is 2.09. The van der Waals surface area contributed by atoms with E-state index >= 15 is 0 Å². The number of nitrogens with zero attached hydrogens (tertiary/aromatic N) is 1. The number of allylic oxidation sites excluding steroid dienone is 1. The van der Waals surface area contributed by atoms with Gasteiger partial charge in [-0.2, -0.15) is 0 Å². The number of methoxy groups -OCH3 is 2. The summed E-state index contributed by atoms with van der Waals surface area (Å²) in [7, 11) is 4.86. The molecule has 2 N–H and O–H groups in total. The molecule has 0 aromatic heterocycles. The predicted molar refractivity (Wildman–Crippen MR) is 106 cm³/mol. The van der Waals surface area contributed by atoms with Crippen LogP contribution in [0.15, 0.2) is 17.9 Å². The third kappa shape index (κ3) is 2.74. The number of carbonyl (C=O) groups excluding carboxylic acids is 2. The van der Waals surface area contributed by atoms with Crippen LogP contribution < -0.4 is 4.74 Å². The van der Waals surface area contributed by atoms with Crippen LogP contribution in [0.1, 0.15) is 42.6 Å². The second-order valence-corrected chi connectivity index (χ2v) is 8.30. The van der Waals surface area contributed by atoms with E-state index in [1.165, 1.54) is 21.1 Å². The van der Waals surface area contributed by atoms with Crippen LogP contribution in [-0.4, -0.2) is 60.7 Å². The maximum absolute atomic E-state index is 12.9. The third-order valence-corrected chi connectivity index (χ3v) is 6.89. The number of phenols is 1. The lowest BCUT2D eigenvalue weighted by Crippen LogP contribution is -2.62. The molecule has 0 radical (unpaired) electrons. The molecule has 1 aromatic carbocycles. The van der Waals surface area contributed by atoms with Crippen LogP contribution in [0.4, 0.5) is 0 Å². The summed E-state index contributed by atoms with van der Waals surface area (Å²) >= 11 is 0. The second kappa shape index (κ2) is 7.28. The van der Waals surface area contributed by atoms with E-state index < -0.39 is 17.5 Å². The molecule has 4 rings (SSSR count). The van der Waals surface area contributed by atoms with Crippen molar-refractivity contribution in [2.24, 2.45) is 5.92 Å². The van der Waals surface area contributed by atoms with E-state index in [-0.39, 0.29) is 48.0 Å². The minimum Gasteiger partial charge on any atom is -0.504 e. The predicted octanol–water partition coefficient (Wildman–Crippen LogP) is 1.57. The average molecular weight is 417 g/mol. The van der Waals surface area contributed by atoms with E-state index in [1.807, 2.05) is 13.1 Å². The molecule has 1 aliphatic heterocycles. The van der Waals surface area contributed by atoms with Gasteiger partial charge in [-0.15, -0.1) is 0 Å². The summed E-state index contributed by atoms with van der Waals surface area (Å²) in [5.41, 5.74) is 0.912. The Hall–Kier alpha value is -2.58. The van der Waals surface area contributed by atoms with Gasteiger partial charge in [0.15, 0.2) is 23.0 Å². The molecule has 2 aliphatic carbocycles. The zero-order valence-electron chi connectivity index (χ0n) is 17.6. The van der Waals surface area contributed by atoms with E-state index in [4.69, 9.17) is 14.2 Å². The number of rotatable bonds is 4. The van der Waals surface area contributed by atoms with Gasteiger partial charge in [0.1, 0.15) is 6.10 Å². The van der Waals surface area contributed by atoms with Gasteiger partial charge in [-0.25, -0.2) is 0 Å². The number of carbonyl (C=O) groups is 2. The minimum atomic E-state index is -0.720. The standard InChI is InChI=1S/C22H27NO7/c1-11(25)30-21-17-12(10-24)7-16(29-4)20(27)18(17)22-5-6-23(2)19(21)13(22)8-15(28-3)14(26)9-22/h7-8,13,19,21,24,27H,5-6,9-10H2,1-4H3/t13?,19-,21-,22-/m1/s1. The van der Waals surface area contributed by atoms with Crippen LogP contribution in [0, 0.1) is 5.92 Å². The van der Waals surface area contributed by atoms with E-state index in [0.29, 0.717) is 29.7 Å². The van der Waals surface area contributed by atoms with Gasteiger partial charge in [-0.05, 0) is 37.7 Å². The number of ketones is 1. The molecule has 0 spiro atoms. The van der Waals surface area contributed by atoms with E-state index in [9.17, 15) is 19.8 Å². The van der Waals surface area contributed by atoms with Crippen LogP contribution in [0.2, 0.25) is 0 Å². The minimum absolute atomic E-state index is 0.0723. The summed E-state index contributed by atoms with van der Waals surface area (Å²) in [4.78, 5) is 27.0. The zero-order chi connectivity index (χ0) is 21.8. The summed E-state index contributed by atoms with van der Waals surface area (Å²) in [6.45, 7) is 1.68. The average Bonchev–Trinajstić information content (AvgIpc) is 2.71. The number of ether oxygens (including phenoxy) is 3. The number of benzene rings is 1. The monoisotopic (exact) mass is 417 g/mol. The Kier molecular flexibility index (Phi) is 5.02. The number of phenolic OH excluding ortho intramolecular Hbond substituents is 1. The molecule has 1 aromatic rings. The smallest absolute Gasteiger partial charge is 0.303 e. The molecule has 30 heavy (non-hydrogen) atoms. The first-order valence-corrected chi connectivity index (χ1v) is 9.99. The van der Waals surface area contributed by atoms with E-state index in [1.54, 1.807) is 6.07 Å². The summed E-state index contributed by atoms with van der Waals surface area (Å²) in [6.07, 6.45) is 1.87. The molecule has 0 amide bonds. The number of hydrogen-bond acceptors (Lipinski definition) is 8. The molecule has 8 heteroatoms. The van der Waals surface area contributed by atoms with Gasteiger partial charge in [0.05, 0.1) is 26.9 Å². The highest BCUT2D eigenvalue weighted by molar-refractivity contribution is 5.96. The summed E-state index contributed by atoms with van der Waals surface area (Å²) < 4.78 is 16.5. The Labute approximate surface area is 175 Å². The van der Waals surface area contributed by atoms with Crippen molar-refractivity contribution in [1.82, 2.24) is 4.90 Å². The second-order valence-electron chi connectivity index (χ2n) is 8.30. The fourth-order valence-corrected chi connectivity index (χ4v) is 5.68. The van der Waals surface area contributed by atoms with Gasteiger partial charge in [-0.3, -0.25) is 14.5 Å². The van der Waals surface area contributed by atoms with Crippen LogP contribution in [-0.2, 0) is 31.1 Å². The van der Waals surface area contributed by atoms with Crippen molar-refractivity contribution >= 4 is 11.8 Å². The number of aliphatic hydroxyl groups excluding tert-OH is 1. The van der Waals surface area contributed by atoms with Gasteiger partial charge in [0.2, 0.25) is 0 Å². The Bertz CT molecular complexity index is 940. The van der Waals surface area contributed by atoms with Gasteiger partial charge < -0.3 is 24.4 Å². The molecule has 3 aliphatic rings. The normalized spacial score (nSPS) is 30.1. The van der Waals surface area contributed by atoms with Crippen LogP contribution in [0.25, 0.3) is 0 Å². The molecule has 1 saturated heterocycles. The van der Waals surface area contributed by atoms with Crippen molar-refractivity contribution in [3.8, 4) is 11.5 Å². The number of likely N-dealkylation sites (N-methyl/N-ethyl adjacent to an activating group) is 1. The number of piperidine rings is 1. The molecule has 162 valence electrons. The number of fused-ring (bicyclic) bond motifs is 1. The summed E-state index contributed by atoms with van der Waals surface area (Å²) in [5, 5.41) is 21.3. The number of aromatic hydroxyl groups is 1. The first-order chi connectivity index (χ1) is 14.3. The van der Waals surface area contributed by atoms with Gasteiger partial charge >= 0.3 is 5.97 Å². The summed E-state index contributed by atoms with van der Waals surface area (Å²) in [6, 6.07) is 1.30. The van der Waals surface area contributed by atoms with Crippen molar-refractivity contribution in [1.29, 1.82) is 0 Å². The van der Waals surface area contributed by atoms with E-state index in [2.05, 4.69) is 4.90 Å². The molecule has 2 bridgehead atoms. The Morgan fingerprint density at radius 2 is 2.07 bits per heavy atom. The van der Waals surface area contributed by atoms with Crippen molar-refractivity contribution in [2.75, 3.05) is 27.8 Å². The quantitative estimate of drug-likeness (QED) is 0.712. The SMILES string of the molecule is COC1=CC2[C@@H]3[C@H](OC(C)=O)c4c(CO)cc(OC)c(O)c4[C@]2(CCN3C)CC1=O. The number of likely N-dealkylation sites (tertiary alicyclic amines) is 1. The van der Waals surface area contributed by atoms with E-state index in [0.717, 1.165) is 0 Å². The molecule has 4 atom stereocenters. The lowest BCUT2D eigenvalue weighted by molar-refractivity contribution is -0.157. The molecule has 1 heterocycles. The van der Waals surface area contributed by atoms with Gasteiger partial charge in [0, 0.05) is 35.8 Å². The highest BCUT2D eigenvalue weighted by Gasteiger charge is 2.61. The maximum Gasteiger partial charge on any atom is 0.303 e. The van der Waals surface area contributed by atoms with Crippen LogP contribution in [0.5, 0.6) is 11.5 Å². The maximum atomic E-state index is 12.9. The highest BCUT2D eigenvalue weighted by Crippen LogP contribution is 2.61. The molecular weight excluding hydrogens is 390 g/mol. The zero-order valence-corrected chi connectivity index (χ0v) is 17.6. The highest BCUT2D eigenvalue weighted by atomic mass is 16.5. The van der Waals surface area contributed by atoms with Crippen LogP contribution in [0.3, 0.4) is 0 Å². The molecule has 1 unspecified atom stereocenters. The third-order valence-electron chi connectivity index (χ3n) is 6.89. The molecule has 8 nitrogen and oxygen atoms in total. The Morgan fingerprint density at radius 1 is 1.33 bits per heavy atom. The topological polar surface area (TPSA) is 106 Å². The first kappa shape index (κ1) is 20.7. The van der Waals surface area contributed by atoms with Gasteiger partial charge in [-0.1, -0.05) is 0 Å². The number of aliphatic hydroxyl groups is 1. The lowest BCUT2D eigenvalue weighted by atomic mass is 9.52. The lowest BCUT2D eigenvalue weighted by Gasteiger charge is -2.58. The van der Waals surface area contributed by atoms with Crippen molar-refractivity contribution in [3.63, 3.8) is 0 Å². The number of hydrogen-bond donors (Lipinski definition) is 2. The van der Waals surface area contributed by atoms with Gasteiger partial charge in [0.25, 0.3) is 0 Å². The van der Waals surface area contributed by atoms with Crippen molar-refractivity contribution in [2.45, 2.75) is 43.9 Å². The fraction of sp³-hybridized carbons (Fsp3) is 0.545. The summed E-state index contributed by atoms with van der Waals surface area (Å²) in [5.74, 6) is -0.395. The molecular formula is C22H27NO7. The number of Topliss-reactive ketones (excluding diaryl/α,β-unsaturated/α-hetero) is 1. The van der Waals surface area contributed by atoms with Crippen molar-refractivity contribution < 1.29 is 34.0 Å². The molecule has 1 fully saturated rings.